The lowest BCUT2D eigenvalue weighted by molar-refractivity contribution is 0.686. The molecule has 0 saturated carbocycles. The highest BCUT2D eigenvalue weighted by atomic mass is 35.5. The largest absolute Gasteiger partial charge is 0.399 e. The van der Waals surface area contributed by atoms with E-state index in [2.05, 4.69) is 4.72 Å². The van der Waals surface area contributed by atoms with Gasteiger partial charge in [0.1, 0.15) is 11.0 Å². The second kappa shape index (κ2) is 5.21. The molecular formula is C12H11ClN2OS. The SMILES string of the molecule is Nc1ccc(S(=O)Nc2ccc(Cl)cc2)cc1. The van der Waals surface area contributed by atoms with E-state index < -0.39 is 11.0 Å². The Morgan fingerprint density at radius 3 is 2.18 bits per heavy atom. The molecule has 1 atom stereocenters. The van der Waals surface area contributed by atoms with Crippen molar-refractivity contribution in [2.24, 2.45) is 0 Å². The Hall–Kier alpha value is -1.52. The van der Waals surface area contributed by atoms with Gasteiger partial charge in [0, 0.05) is 16.4 Å². The first-order valence-electron chi connectivity index (χ1n) is 4.95. The number of halogens is 1. The maximum absolute atomic E-state index is 11.9. The van der Waals surface area contributed by atoms with Gasteiger partial charge in [-0.2, -0.15) is 0 Å². The number of nitrogens with two attached hydrogens (primary N) is 1. The van der Waals surface area contributed by atoms with Crippen LogP contribution in [0.15, 0.2) is 53.4 Å². The molecule has 2 rings (SSSR count). The van der Waals surface area contributed by atoms with Gasteiger partial charge in [0.15, 0.2) is 0 Å². The van der Waals surface area contributed by atoms with Crippen LogP contribution in [-0.2, 0) is 11.0 Å². The third-order valence-corrected chi connectivity index (χ3v) is 3.52. The summed E-state index contributed by atoms with van der Waals surface area (Å²) in [7, 11) is -1.30. The third-order valence-electron chi connectivity index (χ3n) is 2.15. The molecule has 5 heteroatoms. The van der Waals surface area contributed by atoms with E-state index in [9.17, 15) is 4.21 Å². The zero-order valence-corrected chi connectivity index (χ0v) is 10.5. The van der Waals surface area contributed by atoms with Gasteiger partial charge < -0.3 is 10.5 Å². The standard InChI is InChI=1S/C12H11ClN2OS/c13-9-1-5-11(6-2-9)15-17(16)12-7-3-10(14)4-8-12/h1-8,15H,14H2. The summed E-state index contributed by atoms with van der Waals surface area (Å²) >= 11 is 5.77. The second-order valence-corrected chi connectivity index (χ2v) is 5.10. The fourth-order valence-corrected chi connectivity index (χ4v) is 2.25. The molecule has 0 bridgehead atoms. The van der Waals surface area contributed by atoms with Crippen molar-refractivity contribution in [1.29, 1.82) is 0 Å². The van der Waals surface area contributed by atoms with Crippen LogP contribution < -0.4 is 10.5 Å². The molecule has 1 unspecified atom stereocenters. The first-order chi connectivity index (χ1) is 8.15. The molecule has 0 amide bonds. The van der Waals surface area contributed by atoms with Crippen molar-refractivity contribution >= 4 is 34.0 Å². The molecular weight excluding hydrogens is 256 g/mol. The van der Waals surface area contributed by atoms with Crippen LogP contribution in [0.4, 0.5) is 11.4 Å². The van der Waals surface area contributed by atoms with E-state index in [1.165, 1.54) is 0 Å². The van der Waals surface area contributed by atoms with E-state index in [1.54, 1.807) is 48.5 Å². The number of hydrogen-bond acceptors (Lipinski definition) is 2. The highest BCUT2D eigenvalue weighted by Crippen LogP contribution is 2.16. The Balaban J connectivity index is 2.11. The number of nitrogens with one attached hydrogen (secondary N) is 1. The predicted molar refractivity (Wildman–Crippen MR) is 72.3 cm³/mol. The quantitative estimate of drug-likeness (QED) is 0.839. The zero-order chi connectivity index (χ0) is 12.3. The zero-order valence-electron chi connectivity index (χ0n) is 8.89. The Morgan fingerprint density at radius 2 is 1.59 bits per heavy atom. The molecule has 88 valence electrons. The van der Waals surface area contributed by atoms with Crippen LogP contribution in [-0.4, -0.2) is 4.21 Å². The van der Waals surface area contributed by atoms with Gasteiger partial charge in [-0.1, -0.05) is 11.6 Å². The minimum atomic E-state index is -1.30. The van der Waals surface area contributed by atoms with Crippen LogP contribution in [0.25, 0.3) is 0 Å². The molecule has 0 saturated heterocycles. The number of anilines is 2. The molecule has 0 aliphatic heterocycles. The average Bonchev–Trinajstić information content (AvgIpc) is 2.33. The Morgan fingerprint density at radius 1 is 1.00 bits per heavy atom. The topological polar surface area (TPSA) is 55.1 Å². The summed E-state index contributed by atoms with van der Waals surface area (Å²) in [4.78, 5) is 0.675. The third kappa shape index (κ3) is 3.22. The first-order valence-corrected chi connectivity index (χ1v) is 6.47. The molecule has 17 heavy (non-hydrogen) atoms. The minimum absolute atomic E-state index is 0.647. The monoisotopic (exact) mass is 266 g/mol. The van der Waals surface area contributed by atoms with Crippen LogP contribution >= 0.6 is 11.6 Å². The van der Waals surface area contributed by atoms with Gasteiger partial charge in [-0.15, -0.1) is 0 Å². The summed E-state index contributed by atoms with van der Waals surface area (Å²) in [5, 5.41) is 0.647. The van der Waals surface area contributed by atoms with Crippen LogP contribution in [0.2, 0.25) is 5.02 Å². The number of benzene rings is 2. The summed E-state index contributed by atoms with van der Waals surface area (Å²) in [6.45, 7) is 0. The van der Waals surface area contributed by atoms with Gasteiger partial charge in [-0.05, 0) is 48.5 Å². The summed E-state index contributed by atoms with van der Waals surface area (Å²) in [6.07, 6.45) is 0. The summed E-state index contributed by atoms with van der Waals surface area (Å²) in [5.74, 6) is 0. The molecule has 0 radical (unpaired) electrons. The van der Waals surface area contributed by atoms with Crippen LogP contribution in [0, 0.1) is 0 Å². The second-order valence-electron chi connectivity index (χ2n) is 3.45. The first kappa shape index (κ1) is 12.0. The average molecular weight is 267 g/mol. The fourth-order valence-electron chi connectivity index (χ4n) is 1.28. The molecule has 0 heterocycles. The lowest BCUT2D eigenvalue weighted by Gasteiger charge is -2.06. The maximum atomic E-state index is 11.9. The predicted octanol–water partition coefficient (Wildman–Crippen LogP) is 3.06. The molecule has 2 aromatic carbocycles. The Kier molecular flexibility index (Phi) is 3.66. The van der Waals surface area contributed by atoms with E-state index >= 15 is 0 Å². The number of nitrogen functional groups attached to an aromatic ring is 1. The molecule has 3 nitrogen and oxygen atoms in total. The molecule has 0 aliphatic rings. The van der Waals surface area contributed by atoms with Crippen molar-refractivity contribution in [3.8, 4) is 0 Å². The molecule has 0 aromatic heterocycles. The number of hydrogen-bond donors (Lipinski definition) is 2. The normalized spacial score (nSPS) is 12.1. The summed E-state index contributed by atoms with van der Waals surface area (Å²) in [6, 6.07) is 13.9. The number of rotatable bonds is 3. The maximum Gasteiger partial charge on any atom is 0.150 e. The Labute approximate surface area is 107 Å². The van der Waals surface area contributed by atoms with Crippen molar-refractivity contribution in [3.63, 3.8) is 0 Å². The van der Waals surface area contributed by atoms with Gasteiger partial charge in [0.05, 0.1) is 4.90 Å². The lowest BCUT2D eigenvalue weighted by atomic mass is 10.3. The minimum Gasteiger partial charge on any atom is -0.399 e. The molecule has 3 N–H and O–H groups in total. The van der Waals surface area contributed by atoms with E-state index in [-0.39, 0.29) is 0 Å². The fraction of sp³-hybridized carbons (Fsp3) is 0. The lowest BCUT2D eigenvalue weighted by Crippen LogP contribution is -2.04. The van der Waals surface area contributed by atoms with Gasteiger partial charge in [-0.3, -0.25) is 0 Å². The summed E-state index contributed by atoms with van der Waals surface area (Å²) in [5.41, 5.74) is 6.97. The van der Waals surface area contributed by atoms with E-state index in [0.717, 1.165) is 5.69 Å². The van der Waals surface area contributed by atoms with Crippen LogP contribution in [0.5, 0.6) is 0 Å². The van der Waals surface area contributed by atoms with Crippen molar-refractivity contribution in [3.05, 3.63) is 53.6 Å². The van der Waals surface area contributed by atoms with Crippen molar-refractivity contribution in [2.75, 3.05) is 10.5 Å². The van der Waals surface area contributed by atoms with Gasteiger partial charge in [0.2, 0.25) is 0 Å². The van der Waals surface area contributed by atoms with Crippen molar-refractivity contribution in [1.82, 2.24) is 0 Å². The van der Waals surface area contributed by atoms with Crippen molar-refractivity contribution < 1.29 is 4.21 Å². The molecule has 0 aliphatic carbocycles. The Bertz CT molecular complexity index is 525. The van der Waals surface area contributed by atoms with Gasteiger partial charge >= 0.3 is 0 Å². The highest BCUT2D eigenvalue weighted by molar-refractivity contribution is 7.86. The van der Waals surface area contributed by atoms with Crippen LogP contribution in [0.3, 0.4) is 0 Å². The molecule has 0 fully saturated rings. The smallest absolute Gasteiger partial charge is 0.150 e. The summed E-state index contributed by atoms with van der Waals surface area (Å²) < 4.78 is 14.8. The van der Waals surface area contributed by atoms with E-state index in [1.807, 2.05) is 0 Å². The van der Waals surface area contributed by atoms with Gasteiger partial charge in [0.25, 0.3) is 0 Å². The van der Waals surface area contributed by atoms with E-state index in [4.69, 9.17) is 17.3 Å². The highest BCUT2D eigenvalue weighted by Gasteiger charge is 2.03. The van der Waals surface area contributed by atoms with E-state index in [0.29, 0.717) is 15.6 Å². The van der Waals surface area contributed by atoms with Crippen LogP contribution in [0.1, 0.15) is 0 Å². The van der Waals surface area contributed by atoms with Crippen molar-refractivity contribution in [2.45, 2.75) is 4.90 Å². The molecule has 2 aromatic rings. The van der Waals surface area contributed by atoms with Gasteiger partial charge in [-0.25, -0.2) is 4.21 Å². The molecule has 0 spiro atoms.